The maximum Gasteiger partial charge on any atom is 0.000769 e. The molecule has 1 aliphatic rings. The molecule has 1 rings (SSSR count). The topological polar surface area (TPSA) is 12.0 Å². The van der Waals surface area contributed by atoms with Crippen LogP contribution in [0.4, 0.5) is 0 Å². The van der Waals surface area contributed by atoms with E-state index < -0.39 is 0 Å². The van der Waals surface area contributed by atoms with Crippen LogP contribution in [0.3, 0.4) is 0 Å². The fourth-order valence-corrected chi connectivity index (χ4v) is 2.63. The zero-order valence-corrected chi connectivity index (χ0v) is 10.2. The maximum absolute atomic E-state index is 3.55. The Morgan fingerprint density at radius 3 is 2.36 bits per heavy atom. The van der Waals surface area contributed by atoms with Crippen LogP contribution in [0.2, 0.25) is 0 Å². The Kier molecular flexibility index (Phi) is 4.94. The number of nitrogens with one attached hydrogen (secondary N) is 1. The predicted octanol–water partition coefficient (Wildman–Crippen LogP) is 3.59. The number of rotatable bonds is 6. The summed E-state index contributed by atoms with van der Waals surface area (Å²) >= 11 is 0. The van der Waals surface area contributed by atoms with E-state index in [-0.39, 0.29) is 0 Å². The van der Waals surface area contributed by atoms with Crippen molar-refractivity contribution in [3.63, 3.8) is 0 Å². The minimum absolute atomic E-state index is 0.667. The third-order valence-corrected chi connectivity index (χ3v) is 3.67. The van der Waals surface area contributed by atoms with Crippen LogP contribution in [0, 0.1) is 11.3 Å². The van der Waals surface area contributed by atoms with Gasteiger partial charge in [0, 0.05) is 6.54 Å². The summed E-state index contributed by atoms with van der Waals surface area (Å²) in [4.78, 5) is 0. The first-order chi connectivity index (χ1) is 6.68. The molecule has 1 nitrogen and oxygen atoms in total. The van der Waals surface area contributed by atoms with Gasteiger partial charge in [0.15, 0.2) is 0 Å². The van der Waals surface area contributed by atoms with Crippen LogP contribution in [0.15, 0.2) is 0 Å². The normalized spacial score (nSPS) is 20.6. The van der Waals surface area contributed by atoms with Crippen LogP contribution < -0.4 is 5.32 Å². The van der Waals surface area contributed by atoms with Crippen LogP contribution >= 0.6 is 0 Å². The first kappa shape index (κ1) is 12.0. The van der Waals surface area contributed by atoms with E-state index in [2.05, 4.69) is 26.1 Å². The quantitative estimate of drug-likeness (QED) is 0.686. The molecule has 0 spiro atoms. The lowest BCUT2D eigenvalue weighted by Gasteiger charge is -2.30. The van der Waals surface area contributed by atoms with Crippen molar-refractivity contribution >= 4 is 0 Å². The second-order valence-electron chi connectivity index (χ2n) is 5.42. The van der Waals surface area contributed by atoms with Gasteiger partial charge in [-0.1, -0.05) is 40.0 Å². The van der Waals surface area contributed by atoms with Crippen molar-refractivity contribution in [3.8, 4) is 0 Å². The molecule has 0 heterocycles. The molecule has 0 unspecified atom stereocenters. The van der Waals surface area contributed by atoms with Gasteiger partial charge in [-0.2, -0.15) is 0 Å². The molecule has 0 bridgehead atoms. The molecule has 0 radical (unpaired) electrons. The molecule has 84 valence electrons. The van der Waals surface area contributed by atoms with Gasteiger partial charge in [-0.15, -0.1) is 0 Å². The van der Waals surface area contributed by atoms with Gasteiger partial charge < -0.3 is 5.32 Å². The summed E-state index contributed by atoms with van der Waals surface area (Å²) in [6.45, 7) is 9.29. The number of hydrogen-bond acceptors (Lipinski definition) is 1. The van der Waals surface area contributed by atoms with Gasteiger partial charge in [-0.05, 0) is 37.1 Å². The van der Waals surface area contributed by atoms with Crippen LogP contribution in [-0.2, 0) is 0 Å². The molecule has 1 N–H and O–H groups in total. The van der Waals surface area contributed by atoms with Crippen molar-refractivity contribution in [1.82, 2.24) is 5.32 Å². The van der Waals surface area contributed by atoms with Crippen LogP contribution in [0.5, 0.6) is 0 Å². The summed E-state index contributed by atoms with van der Waals surface area (Å²) in [6, 6.07) is 0. The Morgan fingerprint density at radius 1 is 1.21 bits per heavy atom. The van der Waals surface area contributed by atoms with Crippen molar-refractivity contribution < 1.29 is 0 Å². The molecule has 1 heteroatoms. The number of hydrogen-bond donors (Lipinski definition) is 1. The highest BCUT2D eigenvalue weighted by atomic mass is 14.9. The van der Waals surface area contributed by atoms with Gasteiger partial charge in [-0.25, -0.2) is 0 Å². The molecule has 0 aromatic heterocycles. The molecule has 0 aromatic carbocycles. The molecule has 0 amide bonds. The molecule has 1 fully saturated rings. The van der Waals surface area contributed by atoms with E-state index in [0.29, 0.717) is 5.41 Å². The molecule has 0 aromatic rings. The third-order valence-electron chi connectivity index (χ3n) is 3.67. The highest BCUT2D eigenvalue weighted by molar-refractivity contribution is 4.86. The highest BCUT2D eigenvalue weighted by Gasteiger charge is 2.32. The fraction of sp³-hybridized carbons (Fsp3) is 1.00. The Balaban J connectivity index is 2.36. The minimum atomic E-state index is 0.667. The van der Waals surface area contributed by atoms with Gasteiger partial charge in [0.05, 0.1) is 0 Å². The van der Waals surface area contributed by atoms with E-state index in [9.17, 15) is 0 Å². The van der Waals surface area contributed by atoms with Crippen molar-refractivity contribution in [2.75, 3.05) is 13.1 Å². The van der Waals surface area contributed by atoms with Crippen LogP contribution in [-0.4, -0.2) is 13.1 Å². The maximum atomic E-state index is 3.55. The van der Waals surface area contributed by atoms with E-state index in [4.69, 9.17) is 0 Å². The average molecular weight is 197 g/mol. The Bertz CT molecular complexity index is 145. The largest absolute Gasteiger partial charge is 0.316 e. The molecule has 0 saturated heterocycles. The lowest BCUT2D eigenvalue weighted by Crippen LogP contribution is -2.32. The highest BCUT2D eigenvalue weighted by Crippen LogP contribution is 2.42. The molecular weight excluding hydrogens is 170 g/mol. The van der Waals surface area contributed by atoms with E-state index in [1.807, 2.05) is 0 Å². The summed E-state index contributed by atoms with van der Waals surface area (Å²) < 4.78 is 0. The van der Waals surface area contributed by atoms with Crippen LogP contribution in [0.25, 0.3) is 0 Å². The Morgan fingerprint density at radius 2 is 1.86 bits per heavy atom. The van der Waals surface area contributed by atoms with Gasteiger partial charge >= 0.3 is 0 Å². The van der Waals surface area contributed by atoms with Crippen molar-refractivity contribution in [2.45, 2.75) is 59.3 Å². The first-order valence-corrected chi connectivity index (χ1v) is 6.39. The first-order valence-electron chi connectivity index (χ1n) is 6.39. The Hall–Kier alpha value is -0.0400. The Labute approximate surface area is 89.7 Å². The lowest BCUT2D eigenvalue weighted by atomic mass is 9.80. The average Bonchev–Trinajstić information content (AvgIpc) is 2.61. The molecule has 14 heavy (non-hydrogen) atoms. The van der Waals surface area contributed by atoms with E-state index in [0.717, 1.165) is 12.5 Å². The predicted molar refractivity (Wildman–Crippen MR) is 63.5 cm³/mol. The third kappa shape index (κ3) is 3.61. The van der Waals surface area contributed by atoms with E-state index in [1.165, 1.54) is 45.1 Å². The fourth-order valence-electron chi connectivity index (χ4n) is 2.63. The zero-order valence-electron chi connectivity index (χ0n) is 10.2. The molecule has 0 atom stereocenters. The standard InChI is InChI=1S/C13H27N/c1-4-14-11-13(8-5-6-9-13)10-7-12(2)3/h12,14H,4-11H2,1-3H3. The summed E-state index contributed by atoms with van der Waals surface area (Å²) in [5.74, 6) is 0.870. The second kappa shape index (κ2) is 5.75. The van der Waals surface area contributed by atoms with Crippen molar-refractivity contribution in [3.05, 3.63) is 0 Å². The SMILES string of the molecule is CCNCC1(CCC(C)C)CCCC1. The van der Waals surface area contributed by atoms with Gasteiger partial charge in [0.25, 0.3) is 0 Å². The summed E-state index contributed by atoms with van der Waals surface area (Å²) in [6.07, 6.45) is 8.70. The molecule has 1 aliphatic carbocycles. The van der Waals surface area contributed by atoms with Crippen LogP contribution in [0.1, 0.15) is 59.3 Å². The zero-order chi connectivity index (χ0) is 10.4. The monoisotopic (exact) mass is 197 g/mol. The second-order valence-corrected chi connectivity index (χ2v) is 5.42. The minimum Gasteiger partial charge on any atom is -0.316 e. The molecular formula is C13H27N. The molecule has 1 saturated carbocycles. The summed E-state index contributed by atoms with van der Waals surface area (Å²) in [5.41, 5.74) is 0.667. The summed E-state index contributed by atoms with van der Waals surface area (Å²) in [5, 5.41) is 3.55. The van der Waals surface area contributed by atoms with Gasteiger partial charge in [-0.3, -0.25) is 0 Å². The van der Waals surface area contributed by atoms with Crippen molar-refractivity contribution in [1.29, 1.82) is 0 Å². The lowest BCUT2D eigenvalue weighted by molar-refractivity contribution is 0.240. The summed E-state index contributed by atoms with van der Waals surface area (Å²) in [7, 11) is 0. The van der Waals surface area contributed by atoms with E-state index in [1.54, 1.807) is 0 Å². The van der Waals surface area contributed by atoms with Crippen molar-refractivity contribution in [2.24, 2.45) is 11.3 Å². The van der Waals surface area contributed by atoms with Gasteiger partial charge in [0.2, 0.25) is 0 Å². The smallest absolute Gasteiger partial charge is 0.000769 e. The van der Waals surface area contributed by atoms with Gasteiger partial charge in [0.1, 0.15) is 0 Å². The van der Waals surface area contributed by atoms with E-state index >= 15 is 0 Å². The molecule has 0 aliphatic heterocycles.